The van der Waals surface area contributed by atoms with E-state index in [2.05, 4.69) is 232 Å². The van der Waals surface area contributed by atoms with Crippen LogP contribution in [0.4, 0.5) is 0 Å². The van der Waals surface area contributed by atoms with Crippen LogP contribution in [0.5, 0.6) is 0 Å². The molecule has 0 aliphatic rings. The summed E-state index contributed by atoms with van der Waals surface area (Å²) in [6.45, 7) is 26.5. The summed E-state index contributed by atoms with van der Waals surface area (Å²) >= 11 is 0. The van der Waals surface area contributed by atoms with E-state index in [4.69, 9.17) is 4.98 Å². The fraction of sp³-hybridized carbons (Fsp3) is 0.167. The van der Waals surface area contributed by atoms with Crippen LogP contribution in [-0.4, -0.2) is 14.1 Å². The maximum Gasteiger partial charge on any atom is 0.0998 e. The van der Waals surface area contributed by atoms with Crippen molar-refractivity contribution in [3.8, 4) is 73.1 Å². The van der Waals surface area contributed by atoms with Crippen LogP contribution in [0.2, 0.25) is 0 Å². The molecule has 0 bridgehead atoms. The van der Waals surface area contributed by atoms with Gasteiger partial charge in [0.2, 0.25) is 0 Å². The number of nitriles is 1. The van der Waals surface area contributed by atoms with Crippen molar-refractivity contribution >= 4 is 43.6 Å². The molecule has 0 saturated heterocycles. The van der Waals surface area contributed by atoms with Gasteiger partial charge < -0.3 is 9.13 Å². The predicted octanol–water partition coefficient (Wildman–Crippen LogP) is 19.2. The number of hydrogen-bond acceptors (Lipinski definition) is 2. The second kappa shape index (κ2) is 18.3. The Hall–Kier alpha value is -8.78. The van der Waals surface area contributed by atoms with Crippen LogP contribution in [-0.2, 0) is 0 Å². The van der Waals surface area contributed by atoms with Crippen LogP contribution in [0.25, 0.3) is 111 Å². The number of rotatable bonds is 7. The van der Waals surface area contributed by atoms with E-state index in [0.717, 1.165) is 88.4 Å². The van der Waals surface area contributed by atoms with Crippen molar-refractivity contribution < 1.29 is 0 Å². The highest BCUT2D eigenvalue weighted by Crippen LogP contribution is 2.46. The average molecular weight is 983 g/mol. The lowest BCUT2D eigenvalue weighted by atomic mass is 9.92. The first-order chi connectivity index (χ1) is 36.6. The number of aryl methyl sites for hydroxylation is 12. The molecular weight excluding hydrogens is 921 g/mol. The molecule has 9 aromatic carbocycles. The van der Waals surface area contributed by atoms with E-state index >= 15 is 0 Å². The Morgan fingerprint density at radius 2 is 0.605 bits per heavy atom. The summed E-state index contributed by atoms with van der Waals surface area (Å²) in [5.74, 6) is 0. The number of hydrogen-bond donors (Lipinski definition) is 0. The van der Waals surface area contributed by atoms with Crippen molar-refractivity contribution in [1.29, 1.82) is 5.26 Å². The van der Waals surface area contributed by atoms with Gasteiger partial charge in [-0.3, -0.25) is 4.98 Å². The molecule has 0 spiro atoms. The zero-order chi connectivity index (χ0) is 53.0. The number of pyridine rings is 1. The molecule has 0 unspecified atom stereocenters. The Labute approximate surface area is 447 Å². The Balaban J connectivity index is 1.25. The molecule has 3 heterocycles. The Bertz CT molecular complexity index is 3910. The van der Waals surface area contributed by atoms with E-state index < -0.39 is 0 Å². The Morgan fingerprint density at radius 3 is 0.882 bits per heavy atom. The fourth-order valence-corrected chi connectivity index (χ4v) is 13.6. The molecule has 0 saturated carbocycles. The summed E-state index contributed by atoms with van der Waals surface area (Å²) in [6, 6.07) is 57.0. The summed E-state index contributed by atoms with van der Waals surface area (Å²) in [5, 5.41) is 15.8. The van der Waals surface area contributed by atoms with E-state index in [9.17, 15) is 5.26 Å². The van der Waals surface area contributed by atoms with Gasteiger partial charge in [0, 0.05) is 32.7 Å². The van der Waals surface area contributed by atoms with E-state index in [1.54, 1.807) is 0 Å². The lowest BCUT2D eigenvalue weighted by Crippen LogP contribution is -2.06. The third kappa shape index (κ3) is 7.76. The van der Waals surface area contributed by atoms with E-state index in [0.29, 0.717) is 5.56 Å². The van der Waals surface area contributed by atoms with Gasteiger partial charge in [0.15, 0.2) is 0 Å². The zero-order valence-electron chi connectivity index (χ0n) is 45.8. The lowest BCUT2D eigenvalue weighted by Gasteiger charge is -2.21. The fourth-order valence-electron chi connectivity index (χ4n) is 13.6. The quantitative estimate of drug-likeness (QED) is 0.160. The summed E-state index contributed by atoms with van der Waals surface area (Å²) in [6.07, 6.45) is 4.05. The molecular formula is C72H62N4. The summed E-state index contributed by atoms with van der Waals surface area (Å²) in [5.41, 5.74) is 33.0. The molecule has 370 valence electrons. The zero-order valence-corrected chi connectivity index (χ0v) is 45.8. The van der Waals surface area contributed by atoms with E-state index in [1.807, 2.05) is 24.5 Å². The van der Waals surface area contributed by atoms with Gasteiger partial charge in [0.25, 0.3) is 0 Å². The molecule has 3 aromatic heterocycles. The van der Waals surface area contributed by atoms with Crippen LogP contribution in [0.1, 0.15) is 72.3 Å². The van der Waals surface area contributed by atoms with Gasteiger partial charge in [-0.25, -0.2) is 0 Å². The molecule has 0 atom stereocenters. The standard InChI is InChI=1S/C72H62N4/c1-40-25-44(5)68(45(6)26-40)52-17-21-58-59-22-18-53(69-46(7)27-41(2)28-47(69)8)34-63(59)75(62(58)33-52)66-38-74-39-67(72(66)57-16-14-13-15-56(57)37-73)76-64-35-54(70-48(9)29-42(3)30-49(70)10)19-23-60(64)61-24-20-55(36-65(61)76)71-50(11)31-43(4)32-51(71)12/h13-36,38-39H,1-12H3. The van der Waals surface area contributed by atoms with Gasteiger partial charge in [-0.1, -0.05) is 138 Å². The molecule has 0 N–H and O–H groups in total. The first-order valence-electron chi connectivity index (χ1n) is 26.6. The molecule has 4 nitrogen and oxygen atoms in total. The highest BCUT2D eigenvalue weighted by molar-refractivity contribution is 6.14. The minimum absolute atomic E-state index is 0.592. The monoisotopic (exact) mass is 982 g/mol. The van der Waals surface area contributed by atoms with Crippen molar-refractivity contribution in [2.24, 2.45) is 0 Å². The number of fused-ring (bicyclic) bond motifs is 6. The summed E-state index contributed by atoms with van der Waals surface area (Å²) < 4.78 is 4.89. The van der Waals surface area contributed by atoms with Crippen molar-refractivity contribution in [2.45, 2.75) is 83.1 Å². The molecule has 4 heteroatoms. The summed E-state index contributed by atoms with van der Waals surface area (Å²) in [4.78, 5) is 5.31. The van der Waals surface area contributed by atoms with Crippen molar-refractivity contribution in [3.05, 3.63) is 230 Å². The number of aromatic nitrogens is 3. The van der Waals surface area contributed by atoms with Crippen LogP contribution in [0.15, 0.2) is 158 Å². The number of benzene rings is 9. The van der Waals surface area contributed by atoms with Crippen LogP contribution >= 0.6 is 0 Å². The Morgan fingerprint density at radius 1 is 0.329 bits per heavy atom. The molecule has 0 fully saturated rings. The Kier molecular flexibility index (Phi) is 11.6. The first kappa shape index (κ1) is 48.2. The molecule has 12 aromatic rings. The van der Waals surface area contributed by atoms with Gasteiger partial charge in [-0.2, -0.15) is 5.26 Å². The predicted molar refractivity (Wildman–Crippen MR) is 322 cm³/mol. The van der Waals surface area contributed by atoms with E-state index in [1.165, 1.54) is 89.0 Å². The van der Waals surface area contributed by atoms with Crippen LogP contribution < -0.4 is 0 Å². The second-order valence-corrected chi connectivity index (χ2v) is 21.9. The van der Waals surface area contributed by atoms with Crippen molar-refractivity contribution in [3.63, 3.8) is 0 Å². The average Bonchev–Trinajstić information content (AvgIpc) is 3.99. The third-order valence-corrected chi connectivity index (χ3v) is 16.1. The van der Waals surface area contributed by atoms with Crippen molar-refractivity contribution in [1.82, 2.24) is 14.1 Å². The van der Waals surface area contributed by atoms with Crippen molar-refractivity contribution in [2.75, 3.05) is 0 Å². The molecule has 0 radical (unpaired) electrons. The highest BCUT2D eigenvalue weighted by Gasteiger charge is 2.26. The van der Waals surface area contributed by atoms with Gasteiger partial charge in [-0.05, 0) is 202 Å². The lowest BCUT2D eigenvalue weighted by molar-refractivity contribution is 1.09. The highest BCUT2D eigenvalue weighted by atomic mass is 15.0. The minimum atomic E-state index is 0.592. The third-order valence-electron chi connectivity index (χ3n) is 16.1. The molecule has 0 aliphatic carbocycles. The first-order valence-corrected chi connectivity index (χ1v) is 26.6. The normalized spacial score (nSPS) is 11.7. The topological polar surface area (TPSA) is 46.5 Å². The smallest absolute Gasteiger partial charge is 0.0998 e. The molecule has 12 rings (SSSR count). The second-order valence-electron chi connectivity index (χ2n) is 21.9. The van der Waals surface area contributed by atoms with Gasteiger partial charge in [0.1, 0.15) is 0 Å². The van der Waals surface area contributed by atoms with Crippen LogP contribution in [0, 0.1) is 94.4 Å². The number of nitrogens with zero attached hydrogens (tertiary/aromatic N) is 4. The summed E-state index contributed by atoms with van der Waals surface area (Å²) in [7, 11) is 0. The maximum atomic E-state index is 11.2. The molecule has 0 aliphatic heterocycles. The maximum absolute atomic E-state index is 11.2. The van der Waals surface area contributed by atoms with Gasteiger partial charge in [0.05, 0.1) is 57.5 Å². The molecule has 0 amide bonds. The van der Waals surface area contributed by atoms with E-state index in [-0.39, 0.29) is 0 Å². The van der Waals surface area contributed by atoms with Gasteiger partial charge >= 0.3 is 0 Å². The molecule has 76 heavy (non-hydrogen) atoms. The SMILES string of the molecule is Cc1cc(C)c(-c2ccc3c4ccc(-c5c(C)cc(C)cc5C)cc4n(-c4cncc(-n5c6cc(-c7c(C)cc(C)cc7C)ccc6c6ccc(-c7c(C)cc(C)cc7C)cc65)c4-c4ccccc4C#N)c3c2)c(C)c1. The van der Waals surface area contributed by atoms with Crippen LogP contribution in [0.3, 0.4) is 0 Å². The van der Waals surface area contributed by atoms with Gasteiger partial charge in [-0.15, -0.1) is 0 Å². The minimum Gasteiger partial charge on any atom is -0.307 e. The largest absolute Gasteiger partial charge is 0.307 e.